The van der Waals surface area contributed by atoms with E-state index in [0.717, 1.165) is 13.0 Å². The molecule has 1 saturated carbocycles. The molecule has 0 aromatic rings. The fourth-order valence-electron chi connectivity index (χ4n) is 2.16. The lowest BCUT2D eigenvalue weighted by atomic mass is 10.1. The summed E-state index contributed by atoms with van der Waals surface area (Å²) in [6.45, 7) is 0.733. The summed E-state index contributed by atoms with van der Waals surface area (Å²) in [4.78, 5) is 11.7. The molecule has 4 heteroatoms. The fraction of sp³-hybridized carbons (Fsp3) is 0.750. The van der Waals surface area contributed by atoms with Crippen LogP contribution in [-0.4, -0.2) is 30.7 Å². The number of carbonyl (C=O) groups excluding carboxylic acids is 1. The number of nitrogens with one attached hydrogen (secondary N) is 1. The van der Waals surface area contributed by atoms with Crippen LogP contribution in [0.2, 0.25) is 0 Å². The smallest absolute Gasteiger partial charge is 0.238 e. The summed E-state index contributed by atoms with van der Waals surface area (Å²) in [6, 6.07) is -0.464. The first-order valence-electron chi connectivity index (χ1n) is 5.83. The predicted octanol–water partition coefficient (Wildman–Crippen LogP) is 0.0207. The number of amides is 1. The maximum Gasteiger partial charge on any atom is 0.238 e. The van der Waals surface area contributed by atoms with Crippen LogP contribution in [0.3, 0.4) is 0 Å². The fourth-order valence-corrected chi connectivity index (χ4v) is 2.16. The van der Waals surface area contributed by atoms with Crippen molar-refractivity contribution in [3.63, 3.8) is 0 Å². The van der Waals surface area contributed by atoms with Crippen molar-refractivity contribution in [2.24, 2.45) is 11.7 Å². The third-order valence-corrected chi connectivity index (χ3v) is 3.22. The zero-order chi connectivity index (χ0) is 11.5. The van der Waals surface area contributed by atoms with Crippen molar-refractivity contribution in [2.75, 3.05) is 6.61 Å². The van der Waals surface area contributed by atoms with Crippen LogP contribution in [0.25, 0.3) is 0 Å². The number of terminal acetylenes is 1. The Labute approximate surface area is 95.9 Å². The average Bonchev–Trinajstić information content (AvgIpc) is 3.00. The minimum Gasteiger partial charge on any atom is -0.376 e. The minimum atomic E-state index is -0.592. The van der Waals surface area contributed by atoms with Crippen LogP contribution in [0.4, 0.5) is 0 Å². The number of hydrogen-bond donors (Lipinski definition) is 2. The molecule has 3 atom stereocenters. The van der Waals surface area contributed by atoms with Crippen molar-refractivity contribution in [3.05, 3.63) is 0 Å². The molecule has 0 aromatic heterocycles. The van der Waals surface area contributed by atoms with Crippen molar-refractivity contribution in [3.8, 4) is 12.3 Å². The molecule has 3 unspecified atom stereocenters. The molecular weight excluding hydrogens is 204 g/mol. The number of ether oxygens (including phenoxy) is 1. The minimum absolute atomic E-state index is 0.129. The molecule has 88 valence electrons. The first-order chi connectivity index (χ1) is 7.72. The third-order valence-electron chi connectivity index (χ3n) is 3.22. The molecule has 1 aliphatic carbocycles. The summed E-state index contributed by atoms with van der Waals surface area (Å²) in [5.41, 5.74) is 5.65. The maximum atomic E-state index is 11.7. The number of carbonyl (C=O) groups is 1. The highest BCUT2D eigenvalue weighted by Gasteiger charge is 2.41. The van der Waals surface area contributed by atoms with Crippen LogP contribution in [-0.2, 0) is 9.53 Å². The van der Waals surface area contributed by atoms with Gasteiger partial charge in [0.2, 0.25) is 5.91 Å². The Morgan fingerprint density at radius 2 is 2.31 bits per heavy atom. The summed E-state index contributed by atoms with van der Waals surface area (Å²) in [7, 11) is 0. The summed E-state index contributed by atoms with van der Waals surface area (Å²) < 4.78 is 5.63. The first kappa shape index (κ1) is 11.4. The normalized spacial score (nSPS) is 30.8. The van der Waals surface area contributed by atoms with Gasteiger partial charge in [0.15, 0.2) is 0 Å². The second-order valence-corrected chi connectivity index (χ2v) is 4.59. The molecule has 4 nitrogen and oxygen atoms in total. The highest BCUT2D eigenvalue weighted by atomic mass is 16.5. The third kappa shape index (κ3) is 2.55. The lowest BCUT2D eigenvalue weighted by Gasteiger charge is -2.20. The van der Waals surface area contributed by atoms with Gasteiger partial charge in [-0.05, 0) is 25.2 Å². The van der Waals surface area contributed by atoms with E-state index >= 15 is 0 Å². The van der Waals surface area contributed by atoms with E-state index in [1.807, 2.05) is 0 Å². The van der Waals surface area contributed by atoms with Crippen molar-refractivity contribution >= 4 is 5.91 Å². The summed E-state index contributed by atoms with van der Waals surface area (Å²) in [5.74, 6) is 2.88. The Kier molecular flexibility index (Phi) is 3.47. The van der Waals surface area contributed by atoms with E-state index in [1.54, 1.807) is 0 Å². The van der Waals surface area contributed by atoms with Gasteiger partial charge in [0, 0.05) is 13.0 Å². The molecule has 1 aliphatic heterocycles. The Hall–Kier alpha value is -1.05. The zero-order valence-electron chi connectivity index (χ0n) is 9.32. The van der Waals surface area contributed by atoms with Gasteiger partial charge in [-0.1, -0.05) is 0 Å². The molecule has 3 N–H and O–H groups in total. The SMILES string of the molecule is C#CCC(N)C(=O)NC1CCOC1C1CC1. The molecule has 1 heterocycles. The highest BCUT2D eigenvalue weighted by Crippen LogP contribution is 2.38. The Balaban J connectivity index is 1.84. The van der Waals surface area contributed by atoms with E-state index in [4.69, 9.17) is 16.9 Å². The summed E-state index contributed by atoms with van der Waals surface area (Å²) in [6.07, 6.45) is 8.92. The topological polar surface area (TPSA) is 64.4 Å². The maximum absolute atomic E-state index is 11.7. The van der Waals surface area contributed by atoms with Crippen LogP contribution in [0, 0.1) is 18.3 Å². The standard InChI is InChI=1S/C12H18N2O2/c1-2-3-9(13)12(15)14-10-6-7-16-11(10)8-4-5-8/h1,8-11H,3-7,13H2,(H,14,15). The largest absolute Gasteiger partial charge is 0.376 e. The van der Waals surface area contributed by atoms with E-state index in [9.17, 15) is 4.79 Å². The molecule has 2 rings (SSSR count). The van der Waals surface area contributed by atoms with Crippen LogP contribution in [0.1, 0.15) is 25.7 Å². The Morgan fingerprint density at radius 1 is 1.56 bits per heavy atom. The molecule has 1 saturated heterocycles. The first-order valence-corrected chi connectivity index (χ1v) is 5.83. The van der Waals surface area contributed by atoms with E-state index in [1.165, 1.54) is 12.8 Å². The van der Waals surface area contributed by atoms with Crippen LogP contribution in [0.5, 0.6) is 0 Å². The predicted molar refractivity (Wildman–Crippen MR) is 60.4 cm³/mol. The average molecular weight is 222 g/mol. The lowest BCUT2D eigenvalue weighted by Crippen LogP contribution is -2.48. The zero-order valence-corrected chi connectivity index (χ0v) is 9.32. The van der Waals surface area contributed by atoms with Gasteiger partial charge >= 0.3 is 0 Å². The van der Waals surface area contributed by atoms with E-state index < -0.39 is 6.04 Å². The monoisotopic (exact) mass is 222 g/mol. The van der Waals surface area contributed by atoms with E-state index in [-0.39, 0.29) is 24.5 Å². The number of hydrogen-bond acceptors (Lipinski definition) is 3. The van der Waals surface area contributed by atoms with Crippen LogP contribution in [0.15, 0.2) is 0 Å². The number of rotatable bonds is 4. The van der Waals surface area contributed by atoms with Crippen molar-refractivity contribution in [1.82, 2.24) is 5.32 Å². The molecular formula is C12H18N2O2. The van der Waals surface area contributed by atoms with E-state index in [0.29, 0.717) is 5.92 Å². The molecule has 2 aliphatic rings. The summed E-state index contributed by atoms with van der Waals surface area (Å²) in [5, 5.41) is 2.95. The molecule has 2 fully saturated rings. The number of nitrogens with two attached hydrogens (primary N) is 1. The molecule has 16 heavy (non-hydrogen) atoms. The van der Waals surface area contributed by atoms with E-state index in [2.05, 4.69) is 11.2 Å². The van der Waals surface area contributed by atoms with Crippen molar-refractivity contribution in [2.45, 2.75) is 43.9 Å². The second kappa shape index (κ2) is 4.86. The quantitative estimate of drug-likeness (QED) is 0.659. The molecule has 0 spiro atoms. The lowest BCUT2D eigenvalue weighted by molar-refractivity contribution is -0.123. The van der Waals surface area contributed by atoms with Crippen LogP contribution < -0.4 is 11.1 Å². The molecule has 0 radical (unpaired) electrons. The van der Waals surface area contributed by atoms with Gasteiger partial charge in [-0.15, -0.1) is 12.3 Å². The Morgan fingerprint density at radius 3 is 2.94 bits per heavy atom. The van der Waals surface area contributed by atoms with Gasteiger partial charge in [-0.2, -0.15) is 0 Å². The van der Waals surface area contributed by atoms with Gasteiger partial charge in [0.25, 0.3) is 0 Å². The molecule has 0 bridgehead atoms. The van der Waals surface area contributed by atoms with Crippen molar-refractivity contribution in [1.29, 1.82) is 0 Å². The summed E-state index contributed by atoms with van der Waals surface area (Å²) >= 11 is 0. The molecule has 0 aromatic carbocycles. The van der Waals surface area contributed by atoms with Gasteiger partial charge in [-0.3, -0.25) is 4.79 Å². The molecule has 1 amide bonds. The Bertz CT molecular complexity index is 307. The van der Waals surface area contributed by atoms with Gasteiger partial charge in [0.05, 0.1) is 18.2 Å². The van der Waals surface area contributed by atoms with Gasteiger partial charge in [0.1, 0.15) is 0 Å². The van der Waals surface area contributed by atoms with Crippen molar-refractivity contribution < 1.29 is 9.53 Å². The van der Waals surface area contributed by atoms with Crippen LogP contribution >= 0.6 is 0 Å². The highest BCUT2D eigenvalue weighted by molar-refractivity contribution is 5.82. The van der Waals surface area contributed by atoms with Gasteiger partial charge in [-0.25, -0.2) is 0 Å². The second-order valence-electron chi connectivity index (χ2n) is 4.59. The van der Waals surface area contributed by atoms with Gasteiger partial charge < -0.3 is 15.8 Å².